The number of carbonyl (C=O) groups excluding carboxylic acids is 1. The van der Waals surface area contributed by atoms with E-state index in [-0.39, 0.29) is 11.6 Å². The fourth-order valence-corrected chi connectivity index (χ4v) is 4.47. The first kappa shape index (κ1) is 22.0. The van der Waals surface area contributed by atoms with Crippen molar-refractivity contribution < 1.29 is 14.5 Å². The summed E-state index contributed by atoms with van der Waals surface area (Å²) in [5, 5.41) is 11.7. The van der Waals surface area contributed by atoms with Gasteiger partial charge in [-0.25, -0.2) is 0 Å². The summed E-state index contributed by atoms with van der Waals surface area (Å²) in [4.78, 5) is 25.3. The molecule has 9 heteroatoms. The summed E-state index contributed by atoms with van der Waals surface area (Å²) in [6, 6.07) is 20.6. The molecule has 0 unspecified atom stereocenters. The van der Waals surface area contributed by atoms with Crippen LogP contribution < -0.4 is 9.64 Å². The number of amides is 1. The van der Waals surface area contributed by atoms with Crippen LogP contribution >= 0.6 is 35.6 Å². The van der Waals surface area contributed by atoms with Crippen molar-refractivity contribution in [2.75, 3.05) is 4.90 Å². The molecule has 32 heavy (non-hydrogen) atoms. The van der Waals surface area contributed by atoms with Crippen molar-refractivity contribution in [1.29, 1.82) is 0 Å². The zero-order valence-electron chi connectivity index (χ0n) is 16.4. The van der Waals surface area contributed by atoms with Gasteiger partial charge >= 0.3 is 0 Å². The second-order valence-corrected chi connectivity index (χ2v) is 8.86. The minimum Gasteiger partial charge on any atom is -0.488 e. The standard InChI is InChI=1S/C23H15ClN2O4S2/c24-17-10-8-15(9-11-17)14-30-20-7-2-1-4-16(20)12-21-22(27)25(23(31)32-21)18-5-3-6-19(13-18)26(28)29/h1-13H,14H2/b21-12-. The number of nitrogens with zero attached hydrogens (tertiary/aromatic N) is 2. The van der Waals surface area contributed by atoms with Crippen molar-refractivity contribution in [2.45, 2.75) is 6.61 Å². The molecule has 160 valence electrons. The summed E-state index contributed by atoms with van der Waals surface area (Å²) in [5.41, 5.74) is 1.93. The van der Waals surface area contributed by atoms with E-state index >= 15 is 0 Å². The molecule has 0 N–H and O–H groups in total. The van der Waals surface area contributed by atoms with Crippen molar-refractivity contribution in [3.63, 3.8) is 0 Å². The van der Waals surface area contributed by atoms with Gasteiger partial charge in [0.05, 0.1) is 15.5 Å². The Morgan fingerprint density at radius 3 is 2.59 bits per heavy atom. The number of para-hydroxylation sites is 1. The summed E-state index contributed by atoms with van der Waals surface area (Å²) in [6.07, 6.45) is 1.72. The number of nitro benzene ring substituents is 1. The number of nitro groups is 1. The van der Waals surface area contributed by atoms with Gasteiger partial charge in [-0.15, -0.1) is 0 Å². The number of ether oxygens (including phenoxy) is 1. The normalized spacial score (nSPS) is 14.8. The van der Waals surface area contributed by atoms with E-state index in [0.29, 0.717) is 32.3 Å². The molecule has 0 saturated carbocycles. The summed E-state index contributed by atoms with van der Waals surface area (Å²) in [5.74, 6) is 0.274. The lowest BCUT2D eigenvalue weighted by Crippen LogP contribution is -2.27. The summed E-state index contributed by atoms with van der Waals surface area (Å²) < 4.78 is 6.27. The minimum atomic E-state index is -0.509. The number of carbonyl (C=O) groups is 1. The van der Waals surface area contributed by atoms with E-state index < -0.39 is 4.92 Å². The maximum atomic E-state index is 13.1. The van der Waals surface area contributed by atoms with Gasteiger partial charge in [0, 0.05) is 22.7 Å². The number of hydrogen-bond acceptors (Lipinski definition) is 6. The van der Waals surface area contributed by atoms with Crippen LogP contribution in [0.2, 0.25) is 5.02 Å². The zero-order chi connectivity index (χ0) is 22.7. The van der Waals surface area contributed by atoms with Crippen molar-refractivity contribution in [1.82, 2.24) is 0 Å². The molecule has 0 atom stereocenters. The number of non-ortho nitro benzene ring substituents is 1. The van der Waals surface area contributed by atoms with E-state index in [0.717, 1.165) is 22.9 Å². The molecule has 3 aromatic rings. The van der Waals surface area contributed by atoms with Crippen molar-refractivity contribution in [2.24, 2.45) is 0 Å². The maximum absolute atomic E-state index is 13.1. The Bertz CT molecular complexity index is 1240. The Kier molecular flexibility index (Phi) is 6.55. The van der Waals surface area contributed by atoms with Crippen LogP contribution in [0.5, 0.6) is 5.75 Å². The molecule has 1 aliphatic heterocycles. The highest BCUT2D eigenvalue weighted by Gasteiger charge is 2.34. The highest BCUT2D eigenvalue weighted by Crippen LogP contribution is 2.38. The third kappa shape index (κ3) is 4.83. The van der Waals surface area contributed by atoms with Crippen LogP contribution in [-0.2, 0) is 11.4 Å². The van der Waals surface area contributed by atoms with Gasteiger partial charge < -0.3 is 4.74 Å². The molecular formula is C23H15ClN2O4S2. The molecule has 1 heterocycles. The van der Waals surface area contributed by atoms with Crippen LogP contribution in [0.25, 0.3) is 6.08 Å². The van der Waals surface area contributed by atoms with E-state index in [4.69, 9.17) is 28.6 Å². The van der Waals surface area contributed by atoms with Crippen LogP contribution in [0.15, 0.2) is 77.7 Å². The van der Waals surface area contributed by atoms with Crippen LogP contribution in [0, 0.1) is 10.1 Å². The number of halogens is 1. The molecule has 3 aromatic carbocycles. The third-order valence-electron chi connectivity index (χ3n) is 4.61. The first-order chi connectivity index (χ1) is 15.4. The zero-order valence-corrected chi connectivity index (χ0v) is 18.8. The number of thiocarbonyl (C=S) groups is 1. The van der Waals surface area contributed by atoms with Gasteiger partial charge in [-0.3, -0.25) is 19.8 Å². The lowest BCUT2D eigenvalue weighted by Gasteiger charge is -2.14. The van der Waals surface area contributed by atoms with E-state index in [9.17, 15) is 14.9 Å². The maximum Gasteiger partial charge on any atom is 0.271 e. The molecule has 1 fully saturated rings. The Labute approximate surface area is 198 Å². The van der Waals surface area contributed by atoms with Gasteiger partial charge in [0.2, 0.25) is 0 Å². The average Bonchev–Trinajstić information content (AvgIpc) is 3.07. The number of hydrogen-bond donors (Lipinski definition) is 0. The lowest BCUT2D eigenvalue weighted by molar-refractivity contribution is -0.384. The number of benzene rings is 3. The molecule has 1 amide bonds. The molecule has 0 aromatic heterocycles. The first-order valence-corrected chi connectivity index (χ1v) is 11.0. The van der Waals surface area contributed by atoms with Gasteiger partial charge in [0.25, 0.3) is 11.6 Å². The SMILES string of the molecule is O=C1/C(=C/c2ccccc2OCc2ccc(Cl)cc2)SC(=S)N1c1cccc([N+](=O)[O-])c1. The van der Waals surface area contributed by atoms with E-state index in [1.165, 1.54) is 23.1 Å². The number of thioether (sulfide) groups is 1. The van der Waals surface area contributed by atoms with Crippen LogP contribution in [-0.4, -0.2) is 15.2 Å². The van der Waals surface area contributed by atoms with Gasteiger partial charge in [-0.05, 0) is 35.9 Å². The van der Waals surface area contributed by atoms with Gasteiger partial charge in [-0.2, -0.15) is 0 Å². The smallest absolute Gasteiger partial charge is 0.271 e. The van der Waals surface area contributed by atoms with Crippen molar-refractivity contribution in [3.05, 3.63) is 104 Å². The highest BCUT2D eigenvalue weighted by molar-refractivity contribution is 8.27. The molecule has 0 radical (unpaired) electrons. The molecule has 1 saturated heterocycles. The van der Waals surface area contributed by atoms with E-state index in [2.05, 4.69) is 0 Å². The molecule has 0 spiro atoms. The highest BCUT2D eigenvalue weighted by atomic mass is 35.5. The molecule has 1 aliphatic rings. The molecule has 4 rings (SSSR count). The fraction of sp³-hybridized carbons (Fsp3) is 0.0435. The Balaban J connectivity index is 1.57. The summed E-state index contributed by atoms with van der Waals surface area (Å²) in [6.45, 7) is 0.344. The molecular weight excluding hydrogens is 468 g/mol. The topological polar surface area (TPSA) is 72.7 Å². The molecule has 0 bridgehead atoms. The monoisotopic (exact) mass is 482 g/mol. The fourth-order valence-electron chi connectivity index (χ4n) is 3.05. The third-order valence-corrected chi connectivity index (χ3v) is 6.16. The predicted molar refractivity (Wildman–Crippen MR) is 131 cm³/mol. The van der Waals surface area contributed by atoms with Crippen LogP contribution in [0.3, 0.4) is 0 Å². The lowest BCUT2D eigenvalue weighted by atomic mass is 10.1. The second kappa shape index (κ2) is 9.52. The summed E-state index contributed by atoms with van der Waals surface area (Å²) in [7, 11) is 0. The Morgan fingerprint density at radius 2 is 1.84 bits per heavy atom. The van der Waals surface area contributed by atoms with Crippen LogP contribution in [0.1, 0.15) is 11.1 Å². The number of rotatable bonds is 6. The van der Waals surface area contributed by atoms with Crippen LogP contribution in [0.4, 0.5) is 11.4 Å². The second-order valence-electron chi connectivity index (χ2n) is 6.75. The van der Waals surface area contributed by atoms with Gasteiger partial charge in [-0.1, -0.05) is 72.0 Å². The molecule has 6 nitrogen and oxygen atoms in total. The van der Waals surface area contributed by atoms with Crippen molar-refractivity contribution in [3.8, 4) is 5.75 Å². The number of anilines is 1. The van der Waals surface area contributed by atoms with E-state index in [1.54, 1.807) is 24.3 Å². The Morgan fingerprint density at radius 1 is 1.09 bits per heavy atom. The quantitative estimate of drug-likeness (QED) is 0.179. The van der Waals surface area contributed by atoms with E-state index in [1.807, 2.05) is 36.4 Å². The average molecular weight is 483 g/mol. The first-order valence-electron chi connectivity index (χ1n) is 9.41. The Hall–Kier alpha value is -3.20. The van der Waals surface area contributed by atoms with Crippen molar-refractivity contribution >= 4 is 63.3 Å². The molecule has 0 aliphatic carbocycles. The van der Waals surface area contributed by atoms with Gasteiger partial charge in [0.1, 0.15) is 12.4 Å². The summed E-state index contributed by atoms with van der Waals surface area (Å²) >= 11 is 12.4. The minimum absolute atomic E-state index is 0.110. The predicted octanol–water partition coefficient (Wildman–Crippen LogP) is 6.23. The largest absolute Gasteiger partial charge is 0.488 e. The van der Waals surface area contributed by atoms with Gasteiger partial charge in [0.15, 0.2) is 4.32 Å².